The molecular formula is C22H21F3N4O2S. The zero-order valence-electron chi connectivity index (χ0n) is 17.5. The average Bonchev–Trinajstić information content (AvgIpc) is 2.74. The molecule has 0 aromatic heterocycles. The van der Waals surface area contributed by atoms with E-state index in [1.54, 1.807) is 25.1 Å². The summed E-state index contributed by atoms with van der Waals surface area (Å²) in [4.78, 5) is 13.8. The summed E-state index contributed by atoms with van der Waals surface area (Å²) in [6, 6.07) is 13.1. The average molecular weight is 462 g/mol. The minimum Gasteiger partial charge on any atom is -0.440 e. The van der Waals surface area contributed by atoms with Gasteiger partial charge in [0.1, 0.15) is 17.0 Å². The molecule has 0 atom stereocenters. The van der Waals surface area contributed by atoms with Crippen LogP contribution in [0.3, 0.4) is 0 Å². The lowest BCUT2D eigenvalue weighted by atomic mass is 10.0. The summed E-state index contributed by atoms with van der Waals surface area (Å²) in [5.74, 6) is -1.31. The van der Waals surface area contributed by atoms with Crippen molar-refractivity contribution in [3.63, 3.8) is 0 Å². The third-order valence-corrected chi connectivity index (χ3v) is 5.13. The normalized spacial score (nSPS) is 12.9. The first kappa shape index (κ1) is 24.7. The smallest absolute Gasteiger partial charge is 0.431 e. The zero-order chi connectivity index (χ0) is 24.1. The maximum absolute atomic E-state index is 13.2. The molecule has 0 aliphatic rings. The maximum Gasteiger partial charge on any atom is 0.431 e. The van der Waals surface area contributed by atoms with E-state index in [0.717, 1.165) is 11.8 Å². The van der Waals surface area contributed by atoms with Crippen LogP contribution in [0.2, 0.25) is 0 Å². The van der Waals surface area contributed by atoms with E-state index in [0.29, 0.717) is 16.8 Å². The Kier molecular flexibility index (Phi) is 7.83. The second kappa shape index (κ2) is 10.2. The van der Waals surface area contributed by atoms with Gasteiger partial charge in [-0.2, -0.15) is 18.4 Å². The first-order valence-corrected chi connectivity index (χ1v) is 10.4. The summed E-state index contributed by atoms with van der Waals surface area (Å²) in [5, 5.41) is 11.5. The quantitative estimate of drug-likeness (QED) is 0.251. The van der Waals surface area contributed by atoms with Crippen molar-refractivity contribution in [1.29, 1.82) is 5.26 Å². The van der Waals surface area contributed by atoms with Crippen LogP contribution < -0.4 is 21.5 Å². The van der Waals surface area contributed by atoms with Gasteiger partial charge in [0.05, 0.1) is 11.6 Å². The van der Waals surface area contributed by atoms with Gasteiger partial charge in [-0.15, -0.1) is 11.8 Å². The topological polar surface area (TPSA) is 114 Å². The molecule has 0 aliphatic carbocycles. The molecule has 0 spiro atoms. The number of halogens is 3. The molecular weight excluding hydrogens is 441 g/mol. The highest BCUT2D eigenvalue weighted by Crippen LogP contribution is 2.30. The van der Waals surface area contributed by atoms with Crippen LogP contribution in [0.15, 0.2) is 70.1 Å². The van der Waals surface area contributed by atoms with Gasteiger partial charge in [0.2, 0.25) is 5.88 Å². The SMILES string of the molecule is CSc1cccc(NC(=O)C(=C(/N)Oc2ccc(C#N)cc2C)/C(C)=C(\N)C(F)(F)F)c1. The van der Waals surface area contributed by atoms with Crippen molar-refractivity contribution in [1.82, 2.24) is 0 Å². The number of allylic oxidation sites excluding steroid dienone is 1. The summed E-state index contributed by atoms with van der Waals surface area (Å²) in [6.45, 7) is 2.67. The lowest BCUT2D eigenvalue weighted by Crippen LogP contribution is -2.27. The highest BCUT2D eigenvalue weighted by Gasteiger charge is 2.35. The van der Waals surface area contributed by atoms with Gasteiger partial charge in [0.25, 0.3) is 5.91 Å². The van der Waals surface area contributed by atoms with E-state index in [4.69, 9.17) is 21.5 Å². The molecule has 2 aromatic rings. The number of benzene rings is 2. The molecule has 0 heterocycles. The molecule has 32 heavy (non-hydrogen) atoms. The summed E-state index contributed by atoms with van der Waals surface area (Å²) in [5.41, 5.74) is 9.83. The van der Waals surface area contributed by atoms with Crippen LogP contribution in [0.1, 0.15) is 18.1 Å². The number of nitriles is 1. The fourth-order valence-corrected chi connectivity index (χ4v) is 3.17. The molecule has 0 aliphatic heterocycles. The molecule has 0 bridgehead atoms. The van der Waals surface area contributed by atoms with E-state index in [2.05, 4.69) is 5.32 Å². The number of anilines is 1. The Morgan fingerprint density at radius 2 is 1.88 bits per heavy atom. The highest BCUT2D eigenvalue weighted by molar-refractivity contribution is 7.98. The second-order valence-corrected chi connectivity index (χ2v) is 7.54. The van der Waals surface area contributed by atoms with Crippen molar-refractivity contribution < 1.29 is 22.7 Å². The number of aryl methyl sites for hydroxylation is 1. The molecule has 0 unspecified atom stereocenters. The predicted molar refractivity (Wildman–Crippen MR) is 118 cm³/mol. The number of nitrogens with zero attached hydrogens (tertiary/aromatic N) is 1. The third kappa shape index (κ3) is 5.98. The number of alkyl halides is 3. The highest BCUT2D eigenvalue weighted by atomic mass is 32.2. The van der Waals surface area contributed by atoms with E-state index in [9.17, 15) is 18.0 Å². The van der Waals surface area contributed by atoms with Crippen molar-refractivity contribution in [2.24, 2.45) is 11.5 Å². The molecule has 0 saturated carbocycles. The number of nitrogens with one attached hydrogen (secondary N) is 1. The van der Waals surface area contributed by atoms with E-state index in [-0.39, 0.29) is 5.75 Å². The number of rotatable bonds is 6. The number of hydrogen-bond acceptors (Lipinski definition) is 6. The monoisotopic (exact) mass is 462 g/mol. The van der Waals surface area contributed by atoms with E-state index in [1.165, 1.54) is 30.0 Å². The summed E-state index contributed by atoms with van der Waals surface area (Å²) >= 11 is 1.43. The molecule has 0 saturated heterocycles. The Labute approximate surface area is 187 Å². The first-order valence-electron chi connectivity index (χ1n) is 9.15. The first-order chi connectivity index (χ1) is 15.0. The van der Waals surface area contributed by atoms with Gasteiger partial charge in [0, 0.05) is 10.6 Å². The predicted octanol–water partition coefficient (Wildman–Crippen LogP) is 4.57. The zero-order valence-corrected chi connectivity index (χ0v) is 18.3. The number of carbonyl (C=O) groups excluding carboxylic acids is 1. The van der Waals surface area contributed by atoms with Crippen molar-refractivity contribution in [2.75, 3.05) is 11.6 Å². The van der Waals surface area contributed by atoms with Gasteiger partial charge in [-0.25, -0.2) is 0 Å². The fourth-order valence-electron chi connectivity index (χ4n) is 2.71. The van der Waals surface area contributed by atoms with Gasteiger partial charge in [-0.05, 0) is 67.6 Å². The van der Waals surface area contributed by atoms with Gasteiger partial charge in [0.15, 0.2) is 0 Å². The van der Waals surface area contributed by atoms with Crippen LogP contribution in [0.25, 0.3) is 0 Å². The van der Waals surface area contributed by atoms with E-state index < -0.39 is 34.8 Å². The van der Waals surface area contributed by atoms with Gasteiger partial charge in [-0.1, -0.05) is 6.07 Å². The van der Waals surface area contributed by atoms with Crippen molar-refractivity contribution >= 4 is 23.4 Å². The summed E-state index contributed by atoms with van der Waals surface area (Å²) in [6.07, 6.45) is -3.03. The molecule has 6 nitrogen and oxygen atoms in total. The lowest BCUT2D eigenvalue weighted by Gasteiger charge is -2.18. The van der Waals surface area contributed by atoms with Crippen LogP contribution in [0.5, 0.6) is 5.75 Å². The molecule has 0 fully saturated rings. The van der Waals surface area contributed by atoms with Gasteiger partial charge < -0.3 is 21.5 Å². The van der Waals surface area contributed by atoms with Gasteiger partial charge in [-0.3, -0.25) is 4.79 Å². The van der Waals surface area contributed by atoms with Crippen LogP contribution in [-0.4, -0.2) is 18.3 Å². The Balaban J connectivity index is 2.54. The van der Waals surface area contributed by atoms with E-state index in [1.807, 2.05) is 18.4 Å². The summed E-state index contributed by atoms with van der Waals surface area (Å²) in [7, 11) is 0. The number of ether oxygens (including phenoxy) is 1. The molecule has 168 valence electrons. The van der Waals surface area contributed by atoms with E-state index >= 15 is 0 Å². The van der Waals surface area contributed by atoms with Crippen LogP contribution >= 0.6 is 11.8 Å². The fraction of sp³-hybridized carbons (Fsp3) is 0.182. The minimum atomic E-state index is -4.88. The van der Waals surface area contributed by atoms with Crippen LogP contribution in [0, 0.1) is 18.3 Å². The van der Waals surface area contributed by atoms with Crippen LogP contribution in [-0.2, 0) is 4.79 Å². The van der Waals surface area contributed by atoms with Gasteiger partial charge >= 0.3 is 6.18 Å². The van der Waals surface area contributed by atoms with Crippen molar-refractivity contribution in [3.05, 3.63) is 76.3 Å². The number of amides is 1. The Morgan fingerprint density at radius 3 is 2.44 bits per heavy atom. The number of carbonyl (C=O) groups is 1. The van der Waals surface area contributed by atoms with Crippen molar-refractivity contribution in [2.45, 2.75) is 24.9 Å². The standard InChI is InChI=1S/C22H21F3N4O2S/c1-12-9-14(11-26)7-8-17(12)31-20(28)18(13(2)19(27)22(23,24)25)21(30)29-15-5-4-6-16(10-15)32-3/h4-10H,27-28H2,1-3H3,(H,29,30)/b19-13-,20-18-. The Bertz CT molecular complexity index is 1130. The van der Waals surface area contributed by atoms with Crippen LogP contribution in [0.4, 0.5) is 18.9 Å². The Morgan fingerprint density at radius 1 is 1.19 bits per heavy atom. The summed E-state index contributed by atoms with van der Waals surface area (Å²) < 4.78 is 45.2. The molecule has 1 amide bonds. The molecule has 2 aromatic carbocycles. The molecule has 10 heteroatoms. The van der Waals surface area contributed by atoms with Crippen molar-refractivity contribution in [3.8, 4) is 11.8 Å². The molecule has 2 rings (SSSR count). The maximum atomic E-state index is 13.2. The number of hydrogen-bond donors (Lipinski definition) is 3. The third-order valence-electron chi connectivity index (χ3n) is 4.41. The second-order valence-electron chi connectivity index (χ2n) is 6.66. The Hall–Kier alpha value is -3.58. The molecule has 0 radical (unpaired) electrons. The minimum absolute atomic E-state index is 0.176. The largest absolute Gasteiger partial charge is 0.440 e. The number of nitrogens with two attached hydrogens (primary N) is 2. The lowest BCUT2D eigenvalue weighted by molar-refractivity contribution is -0.112. The molecule has 5 N–H and O–H groups in total. The number of thioether (sulfide) groups is 1.